The van der Waals surface area contributed by atoms with E-state index in [1.54, 1.807) is 16.9 Å². The van der Waals surface area contributed by atoms with E-state index in [1.807, 2.05) is 4.90 Å². The molecule has 0 radical (unpaired) electrons. The largest absolute Gasteiger partial charge is 0.340 e. The number of hydrogen-bond acceptors (Lipinski definition) is 4. The lowest BCUT2D eigenvalue weighted by molar-refractivity contribution is -0.128. The van der Waals surface area contributed by atoms with Gasteiger partial charge in [0.15, 0.2) is 0 Å². The van der Waals surface area contributed by atoms with Crippen LogP contribution in [0.1, 0.15) is 39.5 Å². The Morgan fingerprint density at radius 1 is 1.40 bits per heavy atom. The van der Waals surface area contributed by atoms with Crippen LogP contribution in [-0.2, 0) is 16.1 Å². The number of aryl methyl sites for hydroxylation is 1. The van der Waals surface area contributed by atoms with Gasteiger partial charge in [-0.25, -0.2) is 4.68 Å². The van der Waals surface area contributed by atoms with Gasteiger partial charge in [0, 0.05) is 38.2 Å². The topological polar surface area (TPSA) is 70.5 Å². The molecule has 2 saturated heterocycles. The number of amides is 2. The Labute approximate surface area is 149 Å². The molecule has 138 valence electrons. The molecule has 3 heterocycles. The Balaban J connectivity index is 1.56. The monoisotopic (exact) mass is 347 g/mol. The Morgan fingerprint density at radius 3 is 3.00 bits per heavy atom. The second-order valence-electron chi connectivity index (χ2n) is 7.05. The second-order valence-corrected chi connectivity index (χ2v) is 7.05. The molecular weight excluding hydrogens is 318 g/mol. The standard InChI is InChI=1S/C18H29N5O2/c1-3-9-23-16(7-8-19-23)20-18(25)14-11-17(24)22(12-14)13-15-6-5-10-21(15)4-2/h7-8,14-15H,3-6,9-13H2,1-2H3,(H,20,25). The van der Waals surface area contributed by atoms with Gasteiger partial charge in [-0.1, -0.05) is 13.8 Å². The smallest absolute Gasteiger partial charge is 0.230 e. The molecule has 1 aromatic rings. The van der Waals surface area contributed by atoms with Crippen LogP contribution in [0.5, 0.6) is 0 Å². The Bertz CT molecular complexity index is 614. The number of aromatic nitrogens is 2. The third-order valence-corrected chi connectivity index (χ3v) is 5.32. The molecule has 2 unspecified atom stereocenters. The number of hydrogen-bond donors (Lipinski definition) is 1. The number of carbonyl (C=O) groups is 2. The van der Waals surface area contributed by atoms with Crippen molar-refractivity contribution in [1.29, 1.82) is 0 Å². The number of nitrogens with zero attached hydrogens (tertiary/aromatic N) is 4. The van der Waals surface area contributed by atoms with Crippen LogP contribution >= 0.6 is 0 Å². The lowest BCUT2D eigenvalue weighted by Gasteiger charge is -2.27. The molecule has 2 aliphatic heterocycles. The van der Waals surface area contributed by atoms with Crippen molar-refractivity contribution in [3.8, 4) is 0 Å². The third kappa shape index (κ3) is 4.03. The summed E-state index contributed by atoms with van der Waals surface area (Å²) < 4.78 is 1.80. The van der Waals surface area contributed by atoms with Crippen LogP contribution in [0, 0.1) is 5.92 Å². The van der Waals surface area contributed by atoms with E-state index in [0.717, 1.165) is 39.0 Å². The summed E-state index contributed by atoms with van der Waals surface area (Å²) in [5, 5.41) is 7.16. The van der Waals surface area contributed by atoms with E-state index in [0.29, 0.717) is 24.8 Å². The van der Waals surface area contributed by atoms with E-state index in [1.165, 1.54) is 6.42 Å². The summed E-state index contributed by atoms with van der Waals surface area (Å²) in [7, 11) is 0. The number of carbonyl (C=O) groups excluding carboxylic acids is 2. The average Bonchev–Trinajstić information content (AvgIpc) is 3.30. The van der Waals surface area contributed by atoms with Crippen molar-refractivity contribution >= 4 is 17.6 Å². The van der Waals surface area contributed by atoms with E-state index in [-0.39, 0.29) is 17.7 Å². The summed E-state index contributed by atoms with van der Waals surface area (Å²) in [4.78, 5) is 29.2. The molecule has 2 fully saturated rings. The van der Waals surface area contributed by atoms with Gasteiger partial charge in [-0.3, -0.25) is 14.5 Å². The van der Waals surface area contributed by atoms with Gasteiger partial charge in [-0.05, 0) is 32.4 Å². The molecule has 2 amide bonds. The maximum Gasteiger partial charge on any atom is 0.230 e. The first-order valence-electron chi connectivity index (χ1n) is 9.46. The lowest BCUT2D eigenvalue weighted by atomic mass is 10.1. The van der Waals surface area contributed by atoms with Crippen molar-refractivity contribution in [3.05, 3.63) is 12.3 Å². The quantitative estimate of drug-likeness (QED) is 0.813. The fraction of sp³-hybridized carbons (Fsp3) is 0.722. The number of nitrogens with one attached hydrogen (secondary N) is 1. The molecule has 0 saturated carbocycles. The van der Waals surface area contributed by atoms with Gasteiger partial charge in [-0.2, -0.15) is 5.10 Å². The number of likely N-dealkylation sites (tertiary alicyclic amines) is 2. The highest BCUT2D eigenvalue weighted by atomic mass is 16.2. The molecule has 7 heteroatoms. The maximum absolute atomic E-state index is 12.6. The molecule has 1 N–H and O–H groups in total. The first kappa shape index (κ1) is 17.9. The molecule has 3 rings (SSSR count). The van der Waals surface area contributed by atoms with Crippen molar-refractivity contribution in [2.45, 2.75) is 52.1 Å². The van der Waals surface area contributed by atoms with Gasteiger partial charge >= 0.3 is 0 Å². The highest BCUT2D eigenvalue weighted by molar-refractivity contribution is 5.96. The van der Waals surface area contributed by atoms with E-state index in [4.69, 9.17) is 0 Å². The minimum absolute atomic E-state index is 0.0764. The number of rotatable bonds is 7. The first-order chi connectivity index (χ1) is 12.1. The highest BCUT2D eigenvalue weighted by Crippen LogP contribution is 2.24. The molecule has 2 aliphatic rings. The fourth-order valence-electron chi connectivity index (χ4n) is 3.95. The summed E-state index contributed by atoms with van der Waals surface area (Å²) in [6, 6.07) is 2.25. The highest BCUT2D eigenvalue weighted by Gasteiger charge is 2.37. The van der Waals surface area contributed by atoms with Crippen LogP contribution < -0.4 is 5.32 Å². The average molecular weight is 347 g/mol. The fourth-order valence-corrected chi connectivity index (χ4v) is 3.95. The normalized spacial score (nSPS) is 24.2. The minimum atomic E-state index is -0.269. The van der Waals surface area contributed by atoms with Crippen LogP contribution in [0.3, 0.4) is 0 Å². The second kappa shape index (κ2) is 7.99. The van der Waals surface area contributed by atoms with Crippen LogP contribution in [0.4, 0.5) is 5.82 Å². The van der Waals surface area contributed by atoms with Gasteiger partial charge in [-0.15, -0.1) is 0 Å². The maximum atomic E-state index is 12.6. The summed E-state index contributed by atoms with van der Waals surface area (Å²) in [6.45, 7) is 8.44. The van der Waals surface area contributed by atoms with Crippen molar-refractivity contribution in [2.24, 2.45) is 5.92 Å². The molecule has 0 aliphatic carbocycles. The molecule has 0 spiro atoms. The third-order valence-electron chi connectivity index (χ3n) is 5.32. The van der Waals surface area contributed by atoms with E-state index in [9.17, 15) is 9.59 Å². The molecule has 2 atom stereocenters. The van der Waals surface area contributed by atoms with Gasteiger partial charge in [0.05, 0.1) is 12.1 Å². The molecule has 1 aromatic heterocycles. The predicted octanol–water partition coefficient (Wildman–Crippen LogP) is 1.56. The summed E-state index contributed by atoms with van der Waals surface area (Å²) in [5.41, 5.74) is 0. The lowest BCUT2D eigenvalue weighted by Crippen LogP contribution is -2.41. The molecule has 7 nitrogen and oxygen atoms in total. The van der Waals surface area contributed by atoms with Crippen molar-refractivity contribution in [2.75, 3.05) is 31.5 Å². The zero-order chi connectivity index (χ0) is 17.8. The Hall–Kier alpha value is -1.89. The van der Waals surface area contributed by atoms with Gasteiger partial charge in [0.1, 0.15) is 5.82 Å². The van der Waals surface area contributed by atoms with Crippen molar-refractivity contribution in [3.63, 3.8) is 0 Å². The Morgan fingerprint density at radius 2 is 2.24 bits per heavy atom. The van der Waals surface area contributed by atoms with Gasteiger partial charge in [0.2, 0.25) is 11.8 Å². The van der Waals surface area contributed by atoms with Crippen molar-refractivity contribution in [1.82, 2.24) is 19.6 Å². The van der Waals surface area contributed by atoms with Crippen molar-refractivity contribution < 1.29 is 9.59 Å². The van der Waals surface area contributed by atoms with Gasteiger partial charge < -0.3 is 10.2 Å². The molecule has 0 bridgehead atoms. The predicted molar refractivity (Wildman–Crippen MR) is 96.1 cm³/mol. The Kier molecular flexibility index (Phi) is 5.73. The minimum Gasteiger partial charge on any atom is -0.340 e. The summed E-state index contributed by atoms with van der Waals surface area (Å²) in [5.74, 6) is 0.470. The van der Waals surface area contributed by atoms with Crippen LogP contribution in [0.25, 0.3) is 0 Å². The van der Waals surface area contributed by atoms with E-state index >= 15 is 0 Å². The summed E-state index contributed by atoms with van der Waals surface area (Å²) in [6.07, 6.45) is 5.30. The van der Waals surface area contributed by atoms with E-state index in [2.05, 4.69) is 29.2 Å². The molecule has 25 heavy (non-hydrogen) atoms. The van der Waals surface area contributed by atoms with Gasteiger partial charge in [0.25, 0.3) is 0 Å². The molecule has 0 aromatic carbocycles. The number of likely N-dealkylation sites (N-methyl/N-ethyl adjacent to an activating group) is 1. The number of anilines is 1. The zero-order valence-corrected chi connectivity index (χ0v) is 15.3. The van der Waals surface area contributed by atoms with Crippen LogP contribution in [-0.4, -0.2) is 63.6 Å². The van der Waals surface area contributed by atoms with Crippen LogP contribution in [0.2, 0.25) is 0 Å². The summed E-state index contributed by atoms with van der Waals surface area (Å²) >= 11 is 0. The molecular formula is C18H29N5O2. The van der Waals surface area contributed by atoms with Crippen LogP contribution in [0.15, 0.2) is 12.3 Å². The SMILES string of the molecule is CCCn1nccc1NC(=O)C1CC(=O)N(CC2CCCN2CC)C1. The first-order valence-corrected chi connectivity index (χ1v) is 9.46. The zero-order valence-electron chi connectivity index (χ0n) is 15.3. The van der Waals surface area contributed by atoms with E-state index < -0.39 is 0 Å².